The molecule has 1 saturated heterocycles. The summed E-state index contributed by atoms with van der Waals surface area (Å²) >= 11 is 0. The zero-order valence-corrected chi connectivity index (χ0v) is 23.2. The van der Waals surface area contributed by atoms with Crippen molar-refractivity contribution in [3.63, 3.8) is 0 Å². The molecular weight excluding hydrogens is 512 g/mol. The molecule has 1 aliphatic heterocycles. The molecule has 2 heterocycles. The molecule has 4 N–H and O–H groups in total. The third-order valence-electron chi connectivity index (χ3n) is 8.00. The molecule has 2 aliphatic rings. The van der Waals surface area contributed by atoms with Crippen molar-refractivity contribution in [1.29, 1.82) is 0 Å². The molecule has 1 unspecified atom stereocenters. The predicted octanol–water partition coefficient (Wildman–Crippen LogP) is 2.85. The van der Waals surface area contributed by atoms with Crippen LogP contribution in [0.3, 0.4) is 0 Å². The molecule has 0 bridgehead atoms. The lowest BCUT2D eigenvalue weighted by molar-refractivity contribution is -0.132. The third kappa shape index (κ3) is 7.49. The Bertz CT molecular complexity index is 1180. The summed E-state index contributed by atoms with van der Waals surface area (Å²) in [4.78, 5) is 63.7. The van der Waals surface area contributed by atoms with E-state index in [4.69, 9.17) is 4.42 Å². The van der Waals surface area contributed by atoms with Gasteiger partial charge in [0.2, 0.25) is 17.7 Å². The third-order valence-corrected chi connectivity index (χ3v) is 8.00. The van der Waals surface area contributed by atoms with Crippen molar-refractivity contribution in [1.82, 2.24) is 21.3 Å². The average molecular weight is 553 g/mol. The van der Waals surface area contributed by atoms with Gasteiger partial charge in [-0.3, -0.25) is 19.2 Å². The van der Waals surface area contributed by atoms with Crippen LogP contribution in [0.15, 0.2) is 34.7 Å². The van der Waals surface area contributed by atoms with Crippen LogP contribution in [0.25, 0.3) is 11.0 Å². The first-order valence-electron chi connectivity index (χ1n) is 14.4. The van der Waals surface area contributed by atoms with Gasteiger partial charge >= 0.3 is 0 Å². The van der Waals surface area contributed by atoms with Crippen molar-refractivity contribution in [2.45, 2.75) is 83.3 Å². The number of carbonyl (C=O) groups is 5. The minimum Gasteiger partial charge on any atom is -0.451 e. The lowest BCUT2D eigenvalue weighted by Crippen LogP contribution is -2.57. The lowest BCUT2D eigenvalue weighted by atomic mass is 9.84. The molecule has 2 aromatic rings. The van der Waals surface area contributed by atoms with Gasteiger partial charge in [-0.2, -0.15) is 0 Å². The number of amides is 4. The Morgan fingerprint density at radius 3 is 2.40 bits per heavy atom. The standard InChI is InChI=1S/C30H40N4O6/c1-18(2)26(34-29(38)25-16-20-10-6-7-11-24(20)40-25)30(39)33-23(14-19-8-4-3-5-9-19)28(37)32-22(17-35)15-21-12-13-31-27(21)36/h6-7,10-11,16-19,21-23,26H,3-5,8-9,12-15H2,1-2H3,(H,31,36)(H,32,37)(H,33,39)(H,34,38)/t21-,22-,23-,26?/m0/s1. The van der Waals surface area contributed by atoms with Gasteiger partial charge in [-0.1, -0.05) is 64.2 Å². The van der Waals surface area contributed by atoms with Gasteiger partial charge in [-0.15, -0.1) is 0 Å². The largest absolute Gasteiger partial charge is 0.451 e. The highest BCUT2D eigenvalue weighted by molar-refractivity contribution is 5.99. The molecule has 216 valence electrons. The number of para-hydroxylation sites is 1. The second-order valence-electron chi connectivity index (χ2n) is 11.4. The quantitative estimate of drug-likeness (QED) is 0.298. The molecule has 4 rings (SSSR count). The minimum atomic E-state index is -0.911. The zero-order chi connectivity index (χ0) is 28.6. The predicted molar refractivity (Wildman–Crippen MR) is 149 cm³/mol. The Labute approximate surface area is 234 Å². The second-order valence-corrected chi connectivity index (χ2v) is 11.4. The minimum absolute atomic E-state index is 0.0981. The van der Waals surface area contributed by atoms with E-state index in [1.54, 1.807) is 12.1 Å². The van der Waals surface area contributed by atoms with Crippen LogP contribution in [-0.4, -0.2) is 54.6 Å². The van der Waals surface area contributed by atoms with E-state index in [1.807, 2.05) is 32.0 Å². The van der Waals surface area contributed by atoms with Crippen LogP contribution in [-0.2, 0) is 19.2 Å². The molecule has 10 heteroatoms. The van der Waals surface area contributed by atoms with Crippen molar-refractivity contribution in [2.75, 3.05) is 6.54 Å². The first kappa shape index (κ1) is 29.3. The Hall–Kier alpha value is -3.69. The summed E-state index contributed by atoms with van der Waals surface area (Å²) in [6, 6.07) is 6.27. The van der Waals surface area contributed by atoms with E-state index in [0.717, 1.165) is 37.5 Å². The molecular formula is C30H40N4O6. The van der Waals surface area contributed by atoms with E-state index in [1.165, 1.54) is 0 Å². The van der Waals surface area contributed by atoms with Crippen molar-refractivity contribution in [3.05, 3.63) is 36.1 Å². The SMILES string of the molecule is CC(C)C(NC(=O)c1cc2ccccc2o1)C(=O)N[C@@H](CC1CCCCC1)C(=O)N[C@H](C=O)C[C@@H]1CCNC1=O. The zero-order valence-electron chi connectivity index (χ0n) is 23.2. The van der Waals surface area contributed by atoms with Gasteiger partial charge in [0.15, 0.2) is 5.76 Å². The van der Waals surface area contributed by atoms with Gasteiger partial charge in [0, 0.05) is 17.8 Å². The van der Waals surface area contributed by atoms with Crippen molar-refractivity contribution < 1.29 is 28.4 Å². The molecule has 4 amide bonds. The van der Waals surface area contributed by atoms with Gasteiger partial charge in [0.05, 0.1) is 6.04 Å². The number of benzene rings is 1. The number of hydrogen-bond acceptors (Lipinski definition) is 6. The van der Waals surface area contributed by atoms with E-state index in [9.17, 15) is 24.0 Å². The highest BCUT2D eigenvalue weighted by atomic mass is 16.3. The lowest BCUT2D eigenvalue weighted by Gasteiger charge is -2.29. The second kappa shape index (κ2) is 13.6. The molecule has 1 aromatic carbocycles. The van der Waals surface area contributed by atoms with Crippen LogP contribution in [0.2, 0.25) is 0 Å². The Morgan fingerprint density at radius 2 is 1.75 bits per heavy atom. The highest BCUT2D eigenvalue weighted by Crippen LogP contribution is 2.28. The summed E-state index contributed by atoms with van der Waals surface area (Å²) < 4.78 is 5.66. The number of furan rings is 1. The van der Waals surface area contributed by atoms with Crippen molar-refractivity contribution in [2.24, 2.45) is 17.8 Å². The molecule has 2 fully saturated rings. The van der Waals surface area contributed by atoms with E-state index < -0.39 is 35.8 Å². The van der Waals surface area contributed by atoms with Gasteiger partial charge < -0.3 is 30.5 Å². The fourth-order valence-electron chi connectivity index (χ4n) is 5.70. The number of carbonyl (C=O) groups excluding carboxylic acids is 5. The average Bonchev–Trinajstić information content (AvgIpc) is 3.57. The number of hydrogen-bond donors (Lipinski definition) is 4. The summed E-state index contributed by atoms with van der Waals surface area (Å²) in [5, 5.41) is 11.9. The number of nitrogens with one attached hydrogen (secondary N) is 4. The van der Waals surface area contributed by atoms with Gasteiger partial charge in [0.1, 0.15) is 24.0 Å². The molecule has 4 atom stereocenters. The topological polar surface area (TPSA) is 147 Å². The monoisotopic (exact) mass is 552 g/mol. The van der Waals surface area contributed by atoms with Crippen LogP contribution in [0.4, 0.5) is 0 Å². The van der Waals surface area contributed by atoms with Gasteiger partial charge in [-0.25, -0.2) is 0 Å². The van der Waals surface area contributed by atoms with Gasteiger partial charge in [-0.05, 0) is 43.2 Å². The fourth-order valence-corrected chi connectivity index (χ4v) is 5.70. The van der Waals surface area contributed by atoms with Crippen LogP contribution < -0.4 is 21.3 Å². The summed E-state index contributed by atoms with van der Waals surface area (Å²) in [6.07, 6.45) is 7.15. The normalized spacial score (nSPS) is 20.0. The van der Waals surface area contributed by atoms with Crippen LogP contribution in [0.5, 0.6) is 0 Å². The molecule has 1 aliphatic carbocycles. The maximum absolute atomic E-state index is 13.5. The smallest absolute Gasteiger partial charge is 0.287 e. The van der Waals surface area contributed by atoms with Crippen LogP contribution in [0.1, 0.15) is 75.8 Å². The number of rotatable bonds is 12. The Morgan fingerprint density at radius 1 is 1.00 bits per heavy atom. The Balaban J connectivity index is 1.45. The fraction of sp³-hybridized carbons (Fsp3) is 0.567. The number of fused-ring (bicyclic) bond motifs is 1. The highest BCUT2D eigenvalue weighted by Gasteiger charge is 2.33. The van der Waals surface area contributed by atoms with Crippen molar-refractivity contribution >= 4 is 40.9 Å². The van der Waals surface area contributed by atoms with Crippen LogP contribution >= 0.6 is 0 Å². The Kier molecular flexibility index (Phi) is 9.95. The summed E-state index contributed by atoms with van der Waals surface area (Å²) in [5.74, 6) is -1.81. The van der Waals surface area contributed by atoms with Crippen LogP contribution in [0, 0.1) is 17.8 Å². The van der Waals surface area contributed by atoms with E-state index in [0.29, 0.717) is 31.3 Å². The summed E-state index contributed by atoms with van der Waals surface area (Å²) in [7, 11) is 0. The van der Waals surface area contributed by atoms with E-state index in [-0.39, 0.29) is 35.8 Å². The first-order chi connectivity index (χ1) is 19.2. The van der Waals surface area contributed by atoms with E-state index in [2.05, 4.69) is 21.3 Å². The summed E-state index contributed by atoms with van der Waals surface area (Å²) in [6.45, 7) is 4.18. The van der Waals surface area contributed by atoms with Gasteiger partial charge in [0.25, 0.3) is 5.91 Å². The summed E-state index contributed by atoms with van der Waals surface area (Å²) in [5.41, 5.74) is 0.572. The van der Waals surface area contributed by atoms with Crippen molar-refractivity contribution in [3.8, 4) is 0 Å². The molecule has 0 radical (unpaired) electrons. The maximum Gasteiger partial charge on any atom is 0.287 e. The number of aldehydes is 1. The van der Waals surface area contributed by atoms with E-state index >= 15 is 0 Å². The molecule has 1 saturated carbocycles. The molecule has 10 nitrogen and oxygen atoms in total. The molecule has 40 heavy (non-hydrogen) atoms. The first-order valence-corrected chi connectivity index (χ1v) is 14.4. The molecule has 1 aromatic heterocycles. The molecule has 0 spiro atoms. The maximum atomic E-state index is 13.5.